The number of nitrogens with zero attached hydrogens (tertiary/aromatic N) is 2. The molecule has 6 nitrogen and oxygen atoms in total. The van der Waals surface area contributed by atoms with E-state index in [2.05, 4.69) is 25.7 Å². The van der Waals surface area contributed by atoms with Gasteiger partial charge >= 0.3 is 0 Å². The molecule has 1 aromatic carbocycles. The molecule has 0 aliphatic carbocycles. The molecule has 1 aliphatic heterocycles. The Balaban J connectivity index is 1.85. The minimum Gasteiger partial charge on any atom is -0.493 e. The van der Waals surface area contributed by atoms with E-state index >= 15 is 0 Å². The van der Waals surface area contributed by atoms with E-state index in [0.29, 0.717) is 24.2 Å². The first-order valence-electron chi connectivity index (χ1n) is 10.5. The Labute approximate surface area is 176 Å². The van der Waals surface area contributed by atoms with E-state index in [1.54, 1.807) is 31.3 Å². The summed E-state index contributed by atoms with van der Waals surface area (Å²) in [6.07, 6.45) is 1.22. The molecule has 1 saturated heterocycles. The van der Waals surface area contributed by atoms with Gasteiger partial charge in [0.05, 0.1) is 17.3 Å². The fraction of sp³-hybridized carbons (Fsp3) is 0.682. The third-order valence-corrected chi connectivity index (χ3v) is 7.46. The predicted octanol–water partition coefficient (Wildman–Crippen LogP) is 2.93. The van der Waals surface area contributed by atoms with Crippen LogP contribution in [0.2, 0.25) is 0 Å². The van der Waals surface area contributed by atoms with Crippen molar-refractivity contribution in [2.24, 2.45) is 17.8 Å². The van der Waals surface area contributed by atoms with E-state index in [9.17, 15) is 13.2 Å². The van der Waals surface area contributed by atoms with Crippen LogP contribution >= 0.6 is 0 Å². The zero-order valence-corrected chi connectivity index (χ0v) is 19.2. The fourth-order valence-electron chi connectivity index (χ4n) is 3.46. The summed E-state index contributed by atoms with van der Waals surface area (Å²) in [6, 6.07) is 6.62. The van der Waals surface area contributed by atoms with Crippen molar-refractivity contribution >= 4 is 15.7 Å². The Kier molecular flexibility index (Phi) is 8.52. The topological polar surface area (TPSA) is 66.9 Å². The molecule has 1 heterocycles. The highest BCUT2D eigenvalue weighted by Gasteiger charge is 2.29. The van der Waals surface area contributed by atoms with Gasteiger partial charge in [-0.25, -0.2) is 8.42 Å². The van der Waals surface area contributed by atoms with E-state index in [4.69, 9.17) is 4.74 Å². The van der Waals surface area contributed by atoms with Crippen LogP contribution in [0.1, 0.15) is 34.1 Å². The van der Waals surface area contributed by atoms with Crippen molar-refractivity contribution in [1.82, 2.24) is 9.80 Å². The lowest BCUT2D eigenvalue weighted by atomic mass is 9.99. The van der Waals surface area contributed by atoms with Gasteiger partial charge in [0.2, 0.25) is 5.91 Å². The minimum absolute atomic E-state index is 0.0882. The van der Waals surface area contributed by atoms with Crippen LogP contribution in [0.3, 0.4) is 0 Å². The SMILES string of the molecule is CC(=O)N(C)CCS(=O)(=O)c1ccc(OCC2CN(CCC(C)C)CC2C)cc1. The van der Waals surface area contributed by atoms with Crippen molar-refractivity contribution in [1.29, 1.82) is 0 Å². The molecule has 164 valence electrons. The number of hydrogen-bond acceptors (Lipinski definition) is 5. The maximum absolute atomic E-state index is 12.4. The third kappa shape index (κ3) is 7.30. The molecule has 2 atom stereocenters. The predicted molar refractivity (Wildman–Crippen MR) is 116 cm³/mol. The summed E-state index contributed by atoms with van der Waals surface area (Å²) in [6.45, 7) is 12.4. The molecule has 1 amide bonds. The second-order valence-corrected chi connectivity index (χ2v) is 10.8. The van der Waals surface area contributed by atoms with Crippen molar-refractivity contribution in [3.8, 4) is 5.75 Å². The summed E-state index contributed by atoms with van der Waals surface area (Å²) in [5.41, 5.74) is 0. The van der Waals surface area contributed by atoms with Gasteiger partial charge in [-0.1, -0.05) is 20.8 Å². The Morgan fingerprint density at radius 3 is 2.48 bits per heavy atom. The van der Waals surface area contributed by atoms with Crippen LogP contribution in [0, 0.1) is 17.8 Å². The molecule has 2 rings (SSSR count). The summed E-state index contributed by atoms with van der Waals surface area (Å²) in [4.78, 5) is 15.4. The Morgan fingerprint density at radius 2 is 1.90 bits per heavy atom. The highest BCUT2D eigenvalue weighted by atomic mass is 32.2. The van der Waals surface area contributed by atoms with Gasteiger partial charge < -0.3 is 14.5 Å². The van der Waals surface area contributed by atoms with Gasteiger partial charge in [0.1, 0.15) is 5.75 Å². The zero-order valence-electron chi connectivity index (χ0n) is 18.4. The molecule has 0 radical (unpaired) electrons. The molecule has 0 saturated carbocycles. The van der Waals surface area contributed by atoms with E-state index in [1.165, 1.54) is 18.2 Å². The lowest BCUT2D eigenvalue weighted by molar-refractivity contribution is -0.127. The fourth-order valence-corrected chi connectivity index (χ4v) is 4.76. The Bertz CT molecular complexity index is 762. The Hall–Kier alpha value is -1.60. The maximum atomic E-state index is 12.4. The van der Waals surface area contributed by atoms with Crippen molar-refractivity contribution in [3.63, 3.8) is 0 Å². The van der Waals surface area contributed by atoms with Crippen molar-refractivity contribution in [3.05, 3.63) is 24.3 Å². The van der Waals surface area contributed by atoms with Crippen molar-refractivity contribution in [2.45, 2.75) is 39.0 Å². The molecule has 1 fully saturated rings. The lowest BCUT2D eigenvalue weighted by Crippen LogP contribution is -2.29. The molecule has 7 heteroatoms. The number of benzene rings is 1. The first-order valence-corrected chi connectivity index (χ1v) is 12.1. The Morgan fingerprint density at radius 1 is 1.24 bits per heavy atom. The average Bonchev–Trinajstić information content (AvgIpc) is 3.02. The largest absolute Gasteiger partial charge is 0.493 e. The second-order valence-electron chi connectivity index (χ2n) is 8.72. The van der Waals surface area contributed by atoms with Crippen molar-refractivity contribution in [2.75, 3.05) is 45.6 Å². The molecule has 2 unspecified atom stereocenters. The third-order valence-electron chi connectivity index (χ3n) is 5.75. The van der Waals surface area contributed by atoms with Crippen LogP contribution in [-0.2, 0) is 14.6 Å². The molecule has 0 aromatic heterocycles. The monoisotopic (exact) mass is 424 g/mol. The van der Waals surface area contributed by atoms with Gasteiger partial charge in [-0.15, -0.1) is 0 Å². The van der Waals surface area contributed by atoms with E-state index in [0.717, 1.165) is 25.6 Å². The highest BCUT2D eigenvalue weighted by Crippen LogP contribution is 2.25. The van der Waals surface area contributed by atoms with Crippen LogP contribution in [0.15, 0.2) is 29.2 Å². The summed E-state index contributed by atoms with van der Waals surface area (Å²) in [7, 11) is -1.82. The number of carbonyl (C=O) groups is 1. The van der Waals surface area contributed by atoms with Gasteiger partial charge in [-0.2, -0.15) is 0 Å². The molecule has 1 aliphatic rings. The van der Waals surface area contributed by atoms with Crippen molar-refractivity contribution < 1.29 is 17.9 Å². The molecule has 0 bridgehead atoms. The summed E-state index contributed by atoms with van der Waals surface area (Å²) < 4.78 is 30.8. The van der Waals surface area contributed by atoms with E-state index in [1.807, 2.05) is 0 Å². The van der Waals surface area contributed by atoms with Crippen LogP contribution in [0.4, 0.5) is 0 Å². The lowest BCUT2D eigenvalue weighted by Gasteiger charge is -2.17. The first kappa shape index (κ1) is 23.7. The molecule has 1 aromatic rings. The number of rotatable bonds is 10. The smallest absolute Gasteiger partial charge is 0.219 e. The van der Waals surface area contributed by atoms with Gasteiger partial charge in [-0.3, -0.25) is 4.79 Å². The average molecular weight is 425 g/mol. The number of carbonyl (C=O) groups excluding carboxylic acids is 1. The van der Waals surface area contributed by atoms with Gasteiger partial charge in [0.25, 0.3) is 0 Å². The van der Waals surface area contributed by atoms with Gasteiger partial charge in [-0.05, 0) is 49.1 Å². The van der Waals surface area contributed by atoms with Crippen LogP contribution in [0.5, 0.6) is 5.75 Å². The number of amides is 1. The number of hydrogen-bond donors (Lipinski definition) is 0. The number of sulfone groups is 1. The van der Waals surface area contributed by atoms with E-state index < -0.39 is 9.84 Å². The molecular weight excluding hydrogens is 388 g/mol. The van der Waals surface area contributed by atoms with Gasteiger partial charge in [0.15, 0.2) is 9.84 Å². The maximum Gasteiger partial charge on any atom is 0.219 e. The molecule has 0 N–H and O–H groups in total. The number of ether oxygens (including phenoxy) is 1. The first-order chi connectivity index (χ1) is 13.6. The quantitative estimate of drug-likeness (QED) is 0.578. The highest BCUT2D eigenvalue weighted by molar-refractivity contribution is 7.91. The van der Waals surface area contributed by atoms with Crippen LogP contribution in [-0.4, -0.2) is 69.7 Å². The van der Waals surface area contributed by atoms with E-state index in [-0.39, 0.29) is 23.1 Å². The molecule has 0 spiro atoms. The van der Waals surface area contributed by atoms with Gasteiger partial charge in [0, 0.05) is 39.5 Å². The summed E-state index contributed by atoms with van der Waals surface area (Å²) in [5.74, 6) is 2.27. The minimum atomic E-state index is -3.42. The normalized spacial score (nSPS) is 20.2. The van der Waals surface area contributed by atoms with Crippen LogP contribution < -0.4 is 4.74 Å². The standard InChI is InChI=1S/C22H36N2O4S/c1-17(2)10-11-24-14-18(3)20(15-24)16-28-21-6-8-22(9-7-21)29(26,27)13-12-23(5)19(4)25/h6-9,17-18,20H,10-16H2,1-5H3. The zero-order chi connectivity index (χ0) is 21.6. The summed E-state index contributed by atoms with van der Waals surface area (Å²) >= 11 is 0. The molecular formula is C22H36N2O4S. The van der Waals surface area contributed by atoms with Crippen LogP contribution in [0.25, 0.3) is 0 Å². The molecule has 29 heavy (non-hydrogen) atoms. The number of likely N-dealkylation sites (tertiary alicyclic amines) is 1. The summed E-state index contributed by atoms with van der Waals surface area (Å²) in [5, 5.41) is 0. The second kappa shape index (κ2) is 10.4.